The van der Waals surface area contributed by atoms with Gasteiger partial charge in [0.05, 0.1) is 0 Å². The van der Waals surface area contributed by atoms with Crippen LogP contribution in [0.1, 0.15) is 38.3 Å². The number of hydrogen-bond acceptors (Lipinski definition) is 3. The molecule has 3 N–H and O–H groups in total. The van der Waals surface area contributed by atoms with Crippen LogP contribution in [0, 0.1) is 0 Å². The van der Waals surface area contributed by atoms with E-state index in [4.69, 9.17) is 5.84 Å². The molecule has 0 fully saturated rings. The Morgan fingerprint density at radius 1 is 1.16 bits per heavy atom. The van der Waals surface area contributed by atoms with Gasteiger partial charge in [0.1, 0.15) is 0 Å². The van der Waals surface area contributed by atoms with Crippen molar-refractivity contribution in [3.63, 3.8) is 0 Å². The summed E-state index contributed by atoms with van der Waals surface area (Å²) in [6.45, 7) is 7.77. The predicted octanol–water partition coefficient (Wildman–Crippen LogP) is 2.31. The average Bonchev–Trinajstić information content (AvgIpc) is 2.33. The van der Waals surface area contributed by atoms with Gasteiger partial charge >= 0.3 is 0 Å². The number of nitrogens with one attached hydrogen (secondary N) is 1. The van der Waals surface area contributed by atoms with Crippen LogP contribution in [0.15, 0.2) is 24.3 Å². The molecular weight excluding hydrogens is 234 g/mol. The molecular formula is C16H29N3. The van der Waals surface area contributed by atoms with Gasteiger partial charge in [-0.15, -0.1) is 0 Å². The molecule has 1 aromatic carbocycles. The monoisotopic (exact) mass is 263 g/mol. The zero-order chi connectivity index (χ0) is 14.5. The Hall–Kier alpha value is -0.900. The van der Waals surface area contributed by atoms with Crippen molar-refractivity contribution >= 4 is 0 Å². The topological polar surface area (TPSA) is 41.3 Å². The van der Waals surface area contributed by atoms with Crippen LogP contribution in [-0.2, 0) is 11.8 Å². The second kappa shape index (κ2) is 7.04. The second-order valence-electron chi connectivity index (χ2n) is 6.61. The van der Waals surface area contributed by atoms with Crippen LogP contribution in [0.4, 0.5) is 0 Å². The first-order chi connectivity index (χ1) is 8.82. The summed E-state index contributed by atoms with van der Waals surface area (Å²) in [6, 6.07) is 9.24. The highest BCUT2D eigenvalue weighted by Gasteiger charge is 2.14. The minimum atomic E-state index is 0.217. The van der Waals surface area contributed by atoms with Gasteiger partial charge in [-0.25, -0.2) is 0 Å². The van der Waals surface area contributed by atoms with E-state index in [0.29, 0.717) is 6.04 Å². The third-order valence-electron chi connectivity index (χ3n) is 3.46. The molecule has 108 valence electrons. The highest BCUT2D eigenvalue weighted by Crippen LogP contribution is 2.22. The Labute approximate surface area is 118 Å². The molecule has 1 aromatic rings. The lowest BCUT2D eigenvalue weighted by Crippen LogP contribution is -2.38. The third-order valence-corrected chi connectivity index (χ3v) is 3.46. The zero-order valence-electron chi connectivity index (χ0n) is 13.0. The van der Waals surface area contributed by atoms with Gasteiger partial charge in [0, 0.05) is 6.04 Å². The third kappa shape index (κ3) is 5.72. The van der Waals surface area contributed by atoms with Crippen LogP contribution in [0.5, 0.6) is 0 Å². The van der Waals surface area contributed by atoms with Crippen LogP contribution < -0.4 is 11.3 Å². The van der Waals surface area contributed by atoms with Gasteiger partial charge in [-0.2, -0.15) is 0 Å². The van der Waals surface area contributed by atoms with Gasteiger partial charge in [0.2, 0.25) is 0 Å². The lowest BCUT2D eigenvalue weighted by atomic mass is 9.86. The number of nitrogens with zero attached hydrogens (tertiary/aromatic N) is 1. The van der Waals surface area contributed by atoms with Crippen LogP contribution >= 0.6 is 0 Å². The Morgan fingerprint density at radius 2 is 1.74 bits per heavy atom. The summed E-state index contributed by atoms with van der Waals surface area (Å²) < 4.78 is 0. The average molecular weight is 263 g/mol. The van der Waals surface area contributed by atoms with E-state index in [1.54, 1.807) is 0 Å². The Balaban J connectivity index is 2.60. The largest absolute Gasteiger partial charge is 0.309 e. The highest BCUT2D eigenvalue weighted by atomic mass is 15.2. The Morgan fingerprint density at radius 3 is 2.16 bits per heavy atom. The first-order valence-corrected chi connectivity index (χ1v) is 7.03. The number of hydrogen-bond donors (Lipinski definition) is 2. The van der Waals surface area contributed by atoms with Gasteiger partial charge in [-0.1, -0.05) is 45.0 Å². The molecule has 0 radical (unpaired) electrons. The highest BCUT2D eigenvalue weighted by molar-refractivity contribution is 5.27. The molecule has 0 aliphatic rings. The maximum Gasteiger partial charge on any atom is 0.0263 e. The SMILES string of the molecule is CN(C)CCC(Cc1ccc(C(C)(C)C)cc1)NN. The molecule has 1 atom stereocenters. The van der Waals surface area contributed by atoms with E-state index in [0.717, 1.165) is 19.4 Å². The first kappa shape index (κ1) is 16.2. The molecule has 0 bridgehead atoms. The Kier molecular flexibility index (Phi) is 5.98. The van der Waals surface area contributed by atoms with Gasteiger partial charge in [-0.3, -0.25) is 11.3 Å². The minimum Gasteiger partial charge on any atom is -0.309 e. The van der Waals surface area contributed by atoms with Gasteiger partial charge < -0.3 is 4.90 Å². The Bertz CT molecular complexity index is 363. The van der Waals surface area contributed by atoms with Crippen molar-refractivity contribution in [1.29, 1.82) is 0 Å². The van der Waals surface area contributed by atoms with E-state index in [-0.39, 0.29) is 5.41 Å². The van der Waals surface area contributed by atoms with Gasteiger partial charge in [0.25, 0.3) is 0 Å². The molecule has 3 nitrogen and oxygen atoms in total. The van der Waals surface area contributed by atoms with E-state index in [1.165, 1.54) is 11.1 Å². The molecule has 19 heavy (non-hydrogen) atoms. The number of rotatable bonds is 6. The predicted molar refractivity (Wildman–Crippen MR) is 83.1 cm³/mol. The van der Waals surface area contributed by atoms with Crippen molar-refractivity contribution < 1.29 is 0 Å². The van der Waals surface area contributed by atoms with E-state index >= 15 is 0 Å². The molecule has 1 rings (SSSR count). The summed E-state index contributed by atoms with van der Waals surface area (Å²) in [5, 5.41) is 0. The van der Waals surface area contributed by atoms with Gasteiger partial charge in [-0.05, 0) is 50.0 Å². The summed E-state index contributed by atoms with van der Waals surface area (Å²) in [6.07, 6.45) is 2.04. The zero-order valence-corrected chi connectivity index (χ0v) is 13.0. The summed E-state index contributed by atoms with van der Waals surface area (Å²) in [4.78, 5) is 2.19. The van der Waals surface area contributed by atoms with Crippen LogP contribution in [0.3, 0.4) is 0 Å². The molecule has 0 saturated carbocycles. The maximum atomic E-state index is 5.64. The maximum absolute atomic E-state index is 5.64. The van der Waals surface area contributed by atoms with Crippen LogP contribution in [0.25, 0.3) is 0 Å². The van der Waals surface area contributed by atoms with Crippen molar-refractivity contribution in [3.05, 3.63) is 35.4 Å². The number of benzene rings is 1. The summed E-state index contributed by atoms with van der Waals surface area (Å²) >= 11 is 0. The van der Waals surface area contributed by atoms with Crippen molar-refractivity contribution in [1.82, 2.24) is 10.3 Å². The normalized spacial score (nSPS) is 13.8. The van der Waals surface area contributed by atoms with Crippen LogP contribution in [-0.4, -0.2) is 31.6 Å². The second-order valence-corrected chi connectivity index (χ2v) is 6.61. The van der Waals surface area contributed by atoms with Crippen molar-refractivity contribution in [3.8, 4) is 0 Å². The fourth-order valence-electron chi connectivity index (χ4n) is 2.08. The van der Waals surface area contributed by atoms with Crippen molar-refractivity contribution in [2.24, 2.45) is 5.84 Å². The molecule has 0 aliphatic heterocycles. The summed E-state index contributed by atoms with van der Waals surface area (Å²) in [7, 11) is 4.18. The molecule has 3 heteroatoms. The summed E-state index contributed by atoms with van der Waals surface area (Å²) in [5.41, 5.74) is 5.86. The molecule has 1 unspecified atom stereocenters. The number of hydrazine groups is 1. The van der Waals surface area contributed by atoms with Crippen molar-refractivity contribution in [2.75, 3.05) is 20.6 Å². The first-order valence-electron chi connectivity index (χ1n) is 7.03. The molecule has 0 saturated heterocycles. The van der Waals surface area contributed by atoms with E-state index in [1.807, 2.05) is 0 Å². The summed E-state index contributed by atoms with van der Waals surface area (Å²) in [5.74, 6) is 5.64. The minimum absolute atomic E-state index is 0.217. The lowest BCUT2D eigenvalue weighted by Gasteiger charge is -2.21. The molecule has 0 amide bonds. The quantitative estimate of drug-likeness (QED) is 0.611. The lowest BCUT2D eigenvalue weighted by molar-refractivity contribution is 0.358. The van der Waals surface area contributed by atoms with E-state index in [9.17, 15) is 0 Å². The fourth-order valence-corrected chi connectivity index (χ4v) is 2.08. The van der Waals surface area contributed by atoms with Crippen LogP contribution in [0.2, 0.25) is 0 Å². The standard InChI is InChI=1S/C16H29N3/c1-16(2,3)14-8-6-13(7-9-14)12-15(18-17)10-11-19(4)5/h6-9,15,18H,10-12,17H2,1-5H3. The smallest absolute Gasteiger partial charge is 0.0263 e. The van der Waals surface area contributed by atoms with Crippen molar-refractivity contribution in [2.45, 2.75) is 45.1 Å². The fraction of sp³-hybridized carbons (Fsp3) is 0.625. The molecule has 0 heterocycles. The number of nitrogens with two attached hydrogens (primary N) is 1. The molecule has 0 aliphatic carbocycles. The van der Waals surface area contributed by atoms with E-state index in [2.05, 4.69) is 69.5 Å². The molecule has 0 aromatic heterocycles. The van der Waals surface area contributed by atoms with E-state index < -0.39 is 0 Å². The molecule has 0 spiro atoms. The van der Waals surface area contributed by atoms with Gasteiger partial charge in [0.15, 0.2) is 0 Å².